The van der Waals surface area contributed by atoms with E-state index in [0.29, 0.717) is 17.9 Å². The Hall–Kier alpha value is -4.69. The summed E-state index contributed by atoms with van der Waals surface area (Å²) in [7, 11) is 1.38. The molecule has 0 saturated carbocycles. The molecule has 0 spiro atoms. The van der Waals surface area contributed by atoms with Gasteiger partial charge in [0.25, 0.3) is 0 Å². The van der Waals surface area contributed by atoms with Crippen molar-refractivity contribution in [3.05, 3.63) is 120 Å². The molecule has 192 valence electrons. The van der Waals surface area contributed by atoms with Crippen molar-refractivity contribution < 1.29 is 13.9 Å². The molecule has 0 unspecified atom stereocenters. The average Bonchev–Trinajstić information content (AvgIpc) is 3.66. The fourth-order valence-electron chi connectivity index (χ4n) is 4.47. The van der Waals surface area contributed by atoms with Gasteiger partial charge < -0.3 is 9.15 Å². The second-order valence-corrected chi connectivity index (χ2v) is 9.83. The molecule has 7 nitrogen and oxygen atoms in total. The van der Waals surface area contributed by atoms with E-state index >= 15 is 0 Å². The van der Waals surface area contributed by atoms with Gasteiger partial charge in [0.05, 0.1) is 36.7 Å². The van der Waals surface area contributed by atoms with E-state index in [1.807, 2.05) is 66.7 Å². The third-order valence-corrected chi connectivity index (χ3v) is 7.39. The zero-order chi connectivity index (χ0) is 26.6. The maximum Gasteiger partial charge on any atom is 0.337 e. The summed E-state index contributed by atoms with van der Waals surface area (Å²) in [6.45, 7) is 0.469. The standard InChI is InChI=1S/C31H24N4O3S/c1-37-30(36)23-12-7-9-21(17-23)20-39-31-34-33-29(35(31)19-24-13-8-16-38-24)26-18-28(22-10-3-2-4-11-22)32-27-15-6-5-14-25(26)27/h2-18H,19-20H2,1H3. The number of para-hydroxylation sites is 1. The lowest BCUT2D eigenvalue weighted by molar-refractivity contribution is 0.0600. The predicted octanol–water partition coefficient (Wildman–Crippen LogP) is 6.88. The zero-order valence-electron chi connectivity index (χ0n) is 21.2. The smallest absolute Gasteiger partial charge is 0.337 e. The molecular weight excluding hydrogens is 508 g/mol. The molecule has 6 rings (SSSR count). The Kier molecular flexibility index (Phi) is 6.93. The van der Waals surface area contributed by atoms with E-state index in [9.17, 15) is 4.79 Å². The summed E-state index contributed by atoms with van der Waals surface area (Å²) in [5.74, 6) is 1.78. The average molecular weight is 533 g/mol. The normalized spacial score (nSPS) is 11.1. The molecule has 6 aromatic rings. The first-order chi connectivity index (χ1) is 19.2. The van der Waals surface area contributed by atoms with Gasteiger partial charge in [-0.2, -0.15) is 0 Å². The van der Waals surface area contributed by atoms with Gasteiger partial charge in [0.2, 0.25) is 0 Å². The van der Waals surface area contributed by atoms with Crippen LogP contribution in [-0.2, 0) is 17.0 Å². The topological polar surface area (TPSA) is 83.0 Å². The number of thioether (sulfide) groups is 1. The van der Waals surface area contributed by atoms with Crippen LogP contribution in [0.4, 0.5) is 0 Å². The summed E-state index contributed by atoms with van der Waals surface area (Å²) in [6, 6.07) is 31.5. The van der Waals surface area contributed by atoms with Gasteiger partial charge in [-0.25, -0.2) is 9.78 Å². The van der Waals surface area contributed by atoms with Crippen molar-refractivity contribution in [2.45, 2.75) is 17.5 Å². The van der Waals surface area contributed by atoms with E-state index < -0.39 is 0 Å². The number of furan rings is 1. The second kappa shape index (κ2) is 11.0. The lowest BCUT2D eigenvalue weighted by Crippen LogP contribution is -2.04. The van der Waals surface area contributed by atoms with E-state index in [2.05, 4.69) is 39.0 Å². The molecule has 0 radical (unpaired) electrons. The Morgan fingerprint density at radius 3 is 2.59 bits per heavy atom. The number of aromatic nitrogens is 4. The van der Waals surface area contributed by atoms with Gasteiger partial charge in [-0.15, -0.1) is 10.2 Å². The van der Waals surface area contributed by atoms with Crippen LogP contribution in [-0.4, -0.2) is 32.8 Å². The Balaban J connectivity index is 1.43. The van der Waals surface area contributed by atoms with E-state index in [-0.39, 0.29) is 5.97 Å². The number of hydrogen-bond acceptors (Lipinski definition) is 7. The molecule has 3 aromatic carbocycles. The van der Waals surface area contributed by atoms with Crippen molar-refractivity contribution in [2.75, 3.05) is 7.11 Å². The van der Waals surface area contributed by atoms with Gasteiger partial charge in [0.15, 0.2) is 11.0 Å². The second-order valence-electron chi connectivity index (χ2n) is 8.89. The Bertz CT molecular complexity index is 1750. The van der Waals surface area contributed by atoms with Crippen LogP contribution in [0.2, 0.25) is 0 Å². The minimum Gasteiger partial charge on any atom is -0.467 e. The number of esters is 1. The molecule has 0 atom stereocenters. The van der Waals surface area contributed by atoms with Gasteiger partial charge in [-0.1, -0.05) is 72.4 Å². The molecule has 0 saturated heterocycles. The first-order valence-electron chi connectivity index (χ1n) is 12.4. The minimum absolute atomic E-state index is 0.357. The molecule has 39 heavy (non-hydrogen) atoms. The Morgan fingerprint density at radius 2 is 1.77 bits per heavy atom. The summed E-state index contributed by atoms with van der Waals surface area (Å²) in [5, 5.41) is 11.0. The summed E-state index contributed by atoms with van der Waals surface area (Å²) in [4.78, 5) is 16.9. The van der Waals surface area contributed by atoms with E-state index in [0.717, 1.165) is 50.0 Å². The quantitative estimate of drug-likeness (QED) is 0.156. The number of methoxy groups -OCH3 is 1. The molecule has 3 aromatic heterocycles. The summed E-state index contributed by atoms with van der Waals surface area (Å²) < 4.78 is 12.6. The van der Waals surface area contributed by atoms with Crippen molar-refractivity contribution in [3.63, 3.8) is 0 Å². The van der Waals surface area contributed by atoms with Crippen molar-refractivity contribution >= 4 is 28.6 Å². The molecule has 0 amide bonds. The summed E-state index contributed by atoms with van der Waals surface area (Å²) in [5.41, 5.74) is 5.23. The summed E-state index contributed by atoms with van der Waals surface area (Å²) in [6.07, 6.45) is 1.67. The number of ether oxygens (including phenoxy) is 1. The number of benzene rings is 3. The lowest BCUT2D eigenvalue weighted by Gasteiger charge is -2.12. The molecule has 0 aliphatic carbocycles. The van der Waals surface area contributed by atoms with Crippen LogP contribution in [0.25, 0.3) is 33.5 Å². The number of hydrogen-bond donors (Lipinski definition) is 0. The third kappa shape index (κ3) is 5.19. The van der Waals surface area contributed by atoms with E-state index in [1.54, 1.807) is 24.1 Å². The lowest BCUT2D eigenvalue weighted by atomic mass is 10.0. The van der Waals surface area contributed by atoms with Crippen LogP contribution in [0.1, 0.15) is 21.7 Å². The Morgan fingerprint density at radius 1 is 0.923 bits per heavy atom. The van der Waals surface area contributed by atoms with Crippen LogP contribution < -0.4 is 0 Å². The van der Waals surface area contributed by atoms with Crippen molar-refractivity contribution in [2.24, 2.45) is 0 Å². The molecule has 0 aliphatic heterocycles. The number of carbonyl (C=O) groups excluding carboxylic acids is 1. The Labute approximate surface area is 229 Å². The van der Waals surface area contributed by atoms with Crippen molar-refractivity contribution in [1.29, 1.82) is 0 Å². The maximum absolute atomic E-state index is 12.0. The van der Waals surface area contributed by atoms with Gasteiger partial charge in [0, 0.05) is 22.3 Å². The molecule has 8 heteroatoms. The van der Waals surface area contributed by atoms with Crippen LogP contribution in [0.3, 0.4) is 0 Å². The number of carbonyl (C=O) groups is 1. The fourth-order valence-corrected chi connectivity index (χ4v) is 5.35. The highest BCUT2D eigenvalue weighted by molar-refractivity contribution is 7.98. The third-order valence-electron chi connectivity index (χ3n) is 6.35. The van der Waals surface area contributed by atoms with Gasteiger partial charge in [0.1, 0.15) is 5.76 Å². The van der Waals surface area contributed by atoms with E-state index in [1.165, 1.54) is 7.11 Å². The zero-order valence-corrected chi connectivity index (χ0v) is 22.0. The van der Waals surface area contributed by atoms with Gasteiger partial charge >= 0.3 is 5.97 Å². The van der Waals surface area contributed by atoms with Crippen LogP contribution in [0.15, 0.2) is 113 Å². The van der Waals surface area contributed by atoms with Crippen LogP contribution in [0.5, 0.6) is 0 Å². The fraction of sp³-hybridized carbons (Fsp3) is 0.0968. The van der Waals surface area contributed by atoms with Crippen LogP contribution >= 0.6 is 11.8 Å². The largest absolute Gasteiger partial charge is 0.467 e. The highest BCUT2D eigenvalue weighted by atomic mass is 32.2. The number of nitrogens with zero attached hydrogens (tertiary/aromatic N) is 4. The molecule has 0 N–H and O–H groups in total. The molecule has 0 fully saturated rings. The maximum atomic E-state index is 12.0. The number of rotatable bonds is 8. The molecule has 0 bridgehead atoms. The predicted molar refractivity (Wildman–Crippen MR) is 151 cm³/mol. The van der Waals surface area contributed by atoms with Crippen LogP contribution in [0, 0.1) is 0 Å². The molecular formula is C31H24N4O3S. The summed E-state index contributed by atoms with van der Waals surface area (Å²) >= 11 is 1.55. The highest BCUT2D eigenvalue weighted by Crippen LogP contribution is 2.34. The minimum atomic E-state index is -0.357. The van der Waals surface area contributed by atoms with E-state index in [4.69, 9.17) is 14.1 Å². The SMILES string of the molecule is COC(=O)c1cccc(CSc2nnc(-c3cc(-c4ccccc4)nc4ccccc34)n2Cc2ccco2)c1. The first kappa shape index (κ1) is 24.6. The van der Waals surface area contributed by atoms with Gasteiger partial charge in [-0.05, 0) is 42.0 Å². The first-order valence-corrected chi connectivity index (χ1v) is 13.4. The van der Waals surface area contributed by atoms with Crippen molar-refractivity contribution in [3.8, 4) is 22.6 Å². The van der Waals surface area contributed by atoms with Crippen molar-refractivity contribution in [1.82, 2.24) is 19.7 Å². The molecule has 0 aliphatic rings. The number of fused-ring (bicyclic) bond motifs is 1. The monoisotopic (exact) mass is 532 g/mol. The van der Waals surface area contributed by atoms with Gasteiger partial charge in [-0.3, -0.25) is 4.57 Å². The highest BCUT2D eigenvalue weighted by Gasteiger charge is 2.20. The molecule has 3 heterocycles. The number of pyridine rings is 1.